The number of anilines is 1. The average Bonchev–Trinajstić information content (AvgIpc) is 2.61. The van der Waals surface area contributed by atoms with E-state index in [1.165, 1.54) is 0 Å². The van der Waals surface area contributed by atoms with Crippen LogP contribution in [0.5, 0.6) is 11.5 Å². The normalized spacial score (nSPS) is 10.3. The van der Waals surface area contributed by atoms with E-state index in [2.05, 4.69) is 12.1 Å². The minimum atomic E-state index is 0.448. The van der Waals surface area contributed by atoms with E-state index in [1.54, 1.807) is 0 Å². The fraction of sp³-hybridized carbons (Fsp3) is 0.100. The predicted molar refractivity (Wildman–Crippen MR) is 93.7 cm³/mol. The van der Waals surface area contributed by atoms with Crippen LogP contribution in [0.3, 0.4) is 0 Å². The van der Waals surface area contributed by atoms with Gasteiger partial charge in [-0.3, -0.25) is 0 Å². The summed E-state index contributed by atoms with van der Waals surface area (Å²) in [5.41, 5.74) is 8.93. The fourth-order valence-corrected chi connectivity index (χ4v) is 2.32. The first-order valence-electron chi connectivity index (χ1n) is 7.58. The number of hydrogen-bond acceptors (Lipinski definition) is 3. The minimum Gasteiger partial charge on any atom is -0.490 e. The number of hydrogen-bond donors (Lipinski definition) is 1. The average molecular weight is 305 g/mol. The molecule has 0 aliphatic rings. The Bertz CT molecular complexity index is 742. The summed E-state index contributed by atoms with van der Waals surface area (Å²) >= 11 is 0. The summed E-state index contributed by atoms with van der Waals surface area (Å²) in [5, 5.41) is 0. The Kier molecular flexibility index (Phi) is 4.79. The molecule has 0 saturated heterocycles. The molecule has 0 bridgehead atoms. The molecule has 3 rings (SSSR count). The lowest BCUT2D eigenvalue weighted by Gasteiger charge is -2.11. The van der Waals surface area contributed by atoms with Crippen LogP contribution in [0.15, 0.2) is 78.9 Å². The van der Waals surface area contributed by atoms with Gasteiger partial charge in [0, 0.05) is 0 Å². The Labute approximate surface area is 136 Å². The predicted octanol–water partition coefficient (Wildman–Crippen LogP) is 4.39. The molecule has 3 aromatic carbocycles. The third kappa shape index (κ3) is 4.04. The van der Waals surface area contributed by atoms with Crippen LogP contribution in [0.25, 0.3) is 11.1 Å². The molecule has 116 valence electrons. The molecular weight excluding hydrogens is 286 g/mol. The monoisotopic (exact) mass is 305 g/mol. The molecule has 0 radical (unpaired) electrons. The van der Waals surface area contributed by atoms with Crippen LogP contribution in [-0.2, 0) is 0 Å². The van der Waals surface area contributed by atoms with Crippen molar-refractivity contribution in [2.24, 2.45) is 0 Å². The van der Waals surface area contributed by atoms with Crippen molar-refractivity contribution < 1.29 is 9.47 Å². The SMILES string of the molecule is Nc1cc(-c2ccccc2)ccc1OCCOc1ccccc1. The van der Waals surface area contributed by atoms with Gasteiger partial charge in [0.05, 0.1) is 5.69 Å². The molecule has 0 heterocycles. The molecule has 0 unspecified atom stereocenters. The highest BCUT2D eigenvalue weighted by atomic mass is 16.5. The highest BCUT2D eigenvalue weighted by molar-refractivity contribution is 5.70. The molecule has 0 aromatic heterocycles. The molecule has 3 heteroatoms. The number of ether oxygens (including phenoxy) is 2. The van der Waals surface area contributed by atoms with Gasteiger partial charge in [0.1, 0.15) is 24.7 Å². The standard InChI is InChI=1S/C20H19NO2/c21-19-15-17(16-7-3-1-4-8-16)11-12-20(19)23-14-13-22-18-9-5-2-6-10-18/h1-12,15H,13-14,21H2. The van der Waals surface area contributed by atoms with E-state index in [0.29, 0.717) is 24.7 Å². The zero-order chi connectivity index (χ0) is 15.9. The van der Waals surface area contributed by atoms with Crippen molar-refractivity contribution in [1.29, 1.82) is 0 Å². The largest absolute Gasteiger partial charge is 0.490 e. The zero-order valence-corrected chi connectivity index (χ0v) is 12.8. The van der Waals surface area contributed by atoms with Crippen LogP contribution in [-0.4, -0.2) is 13.2 Å². The molecule has 0 amide bonds. The molecule has 3 aromatic rings. The lowest BCUT2D eigenvalue weighted by molar-refractivity contribution is 0.218. The van der Waals surface area contributed by atoms with Crippen molar-refractivity contribution in [3.05, 3.63) is 78.9 Å². The number of para-hydroxylation sites is 1. The van der Waals surface area contributed by atoms with Crippen molar-refractivity contribution in [2.75, 3.05) is 18.9 Å². The van der Waals surface area contributed by atoms with E-state index in [0.717, 1.165) is 16.9 Å². The zero-order valence-electron chi connectivity index (χ0n) is 12.8. The van der Waals surface area contributed by atoms with Gasteiger partial charge in [-0.05, 0) is 35.4 Å². The maximum Gasteiger partial charge on any atom is 0.142 e. The van der Waals surface area contributed by atoms with E-state index in [4.69, 9.17) is 15.2 Å². The lowest BCUT2D eigenvalue weighted by atomic mass is 10.1. The number of nitrogens with two attached hydrogens (primary N) is 1. The Morgan fingerprint density at radius 1 is 0.652 bits per heavy atom. The van der Waals surface area contributed by atoms with Crippen LogP contribution in [0, 0.1) is 0 Å². The molecule has 0 spiro atoms. The van der Waals surface area contributed by atoms with Gasteiger partial charge in [-0.1, -0.05) is 54.6 Å². The van der Waals surface area contributed by atoms with Crippen molar-refractivity contribution in [3.8, 4) is 22.6 Å². The molecule has 23 heavy (non-hydrogen) atoms. The molecule has 0 atom stereocenters. The third-order valence-corrected chi connectivity index (χ3v) is 3.47. The van der Waals surface area contributed by atoms with Crippen molar-refractivity contribution in [2.45, 2.75) is 0 Å². The fourth-order valence-electron chi connectivity index (χ4n) is 2.32. The third-order valence-electron chi connectivity index (χ3n) is 3.47. The quantitative estimate of drug-likeness (QED) is 0.542. The molecule has 0 aliphatic heterocycles. The first kappa shape index (κ1) is 15.0. The Hall–Kier alpha value is -2.94. The van der Waals surface area contributed by atoms with Gasteiger partial charge in [-0.15, -0.1) is 0 Å². The van der Waals surface area contributed by atoms with Gasteiger partial charge in [-0.25, -0.2) is 0 Å². The Balaban J connectivity index is 1.56. The second-order valence-electron chi connectivity index (χ2n) is 5.13. The van der Waals surface area contributed by atoms with E-state index in [1.807, 2.05) is 66.7 Å². The van der Waals surface area contributed by atoms with Gasteiger partial charge < -0.3 is 15.2 Å². The van der Waals surface area contributed by atoms with Crippen LogP contribution in [0.1, 0.15) is 0 Å². The maximum absolute atomic E-state index is 6.09. The smallest absolute Gasteiger partial charge is 0.142 e. The number of rotatable bonds is 6. The first-order chi connectivity index (χ1) is 11.3. The summed E-state index contributed by atoms with van der Waals surface area (Å²) < 4.78 is 11.3. The van der Waals surface area contributed by atoms with Crippen molar-refractivity contribution >= 4 is 5.69 Å². The Morgan fingerprint density at radius 2 is 1.30 bits per heavy atom. The summed E-state index contributed by atoms with van der Waals surface area (Å²) in [5.74, 6) is 1.52. The summed E-state index contributed by atoms with van der Waals surface area (Å²) in [6.45, 7) is 0.924. The van der Waals surface area contributed by atoms with Crippen LogP contribution in [0.2, 0.25) is 0 Å². The summed E-state index contributed by atoms with van der Waals surface area (Å²) in [7, 11) is 0. The molecule has 2 N–H and O–H groups in total. The summed E-state index contributed by atoms with van der Waals surface area (Å²) in [6, 6.07) is 25.7. The van der Waals surface area contributed by atoms with Crippen LogP contribution < -0.4 is 15.2 Å². The number of nitrogen functional groups attached to an aromatic ring is 1. The molecule has 3 nitrogen and oxygen atoms in total. The maximum atomic E-state index is 6.09. The molecular formula is C20H19NO2. The van der Waals surface area contributed by atoms with Gasteiger partial charge in [0.15, 0.2) is 0 Å². The van der Waals surface area contributed by atoms with Gasteiger partial charge >= 0.3 is 0 Å². The second-order valence-corrected chi connectivity index (χ2v) is 5.13. The number of benzene rings is 3. The van der Waals surface area contributed by atoms with Crippen molar-refractivity contribution in [3.63, 3.8) is 0 Å². The lowest BCUT2D eigenvalue weighted by Crippen LogP contribution is -2.09. The van der Waals surface area contributed by atoms with Crippen LogP contribution in [0.4, 0.5) is 5.69 Å². The highest BCUT2D eigenvalue weighted by Crippen LogP contribution is 2.28. The Morgan fingerprint density at radius 3 is 2.00 bits per heavy atom. The van der Waals surface area contributed by atoms with Crippen molar-refractivity contribution in [1.82, 2.24) is 0 Å². The molecule has 0 aliphatic carbocycles. The second kappa shape index (κ2) is 7.36. The van der Waals surface area contributed by atoms with Gasteiger partial charge in [-0.2, -0.15) is 0 Å². The van der Waals surface area contributed by atoms with E-state index in [9.17, 15) is 0 Å². The highest BCUT2D eigenvalue weighted by Gasteiger charge is 2.04. The summed E-state index contributed by atoms with van der Waals surface area (Å²) in [6.07, 6.45) is 0. The molecule has 0 fully saturated rings. The topological polar surface area (TPSA) is 44.5 Å². The summed E-state index contributed by atoms with van der Waals surface area (Å²) in [4.78, 5) is 0. The van der Waals surface area contributed by atoms with E-state index >= 15 is 0 Å². The van der Waals surface area contributed by atoms with Crippen LogP contribution >= 0.6 is 0 Å². The minimum absolute atomic E-state index is 0.448. The van der Waals surface area contributed by atoms with E-state index < -0.39 is 0 Å². The van der Waals surface area contributed by atoms with E-state index in [-0.39, 0.29) is 0 Å². The van der Waals surface area contributed by atoms with Gasteiger partial charge in [0.2, 0.25) is 0 Å². The van der Waals surface area contributed by atoms with Gasteiger partial charge in [0.25, 0.3) is 0 Å². The molecule has 0 saturated carbocycles. The first-order valence-corrected chi connectivity index (χ1v) is 7.58.